The summed E-state index contributed by atoms with van der Waals surface area (Å²) >= 11 is 0. The summed E-state index contributed by atoms with van der Waals surface area (Å²) in [6.45, 7) is -2.63. The largest absolute Gasteiger partial charge is 0.480 e. The van der Waals surface area contributed by atoms with E-state index in [1.165, 1.54) is 0 Å². The van der Waals surface area contributed by atoms with Gasteiger partial charge in [-0.1, -0.05) is 0 Å². The molecule has 1 unspecified atom stereocenters. The first-order valence-electron chi connectivity index (χ1n) is 8.88. The quantitative estimate of drug-likeness (QED) is 0.289. The van der Waals surface area contributed by atoms with Crippen molar-refractivity contribution in [1.82, 2.24) is 4.90 Å². The monoisotopic (exact) mass is 615 g/mol. The molecule has 0 aromatic carbocycles. The van der Waals surface area contributed by atoms with E-state index >= 15 is 0 Å². The Labute approximate surface area is 197 Å². The summed E-state index contributed by atoms with van der Waals surface area (Å²) in [5.41, 5.74) is -8.81. The highest BCUT2D eigenvalue weighted by Gasteiger charge is 2.98. The minimum atomic E-state index is -9.11. The van der Waals surface area contributed by atoms with E-state index in [1.54, 1.807) is 0 Å². The van der Waals surface area contributed by atoms with Crippen LogP contribution in [0.4, 0.5) is 83.4 Å². The predicted octanol–water partition coefficient (Wildman–Crippen LogP) is 5.40. The summed E-state index contributed by atoms with van der Waals surface area (Å²) in [5.74, 6) is -52.6. The van der Waals surface area contributed by atoms with Crippen molar-refractivity contribution < 1.29 is 98.4 Å². The molecule has 0 heterocycles. The average Bonchev–Trinajstić information content (AvgIpc) is 2.62. The van der Waals surface area contributed by atoms with Gasteiger partial charge in [0.1, 0.15) is 0 Å². The SMILES string of the molecule is CN(CC(=O)O)CC(O)CC(F)(F)C(F)(F)C(F)(F)C(F)(F)C(F)(F)C(F)(F)C(F)(C(F)(F)F)C(F)(F)F. The molecular formula is C15H12F19NO3. The van der Waals surface area contributed by atoms with Gasteiger partial charge in [0.15, 0.2) is 0 Å². The van der Waals surface area contributed by atoms with Crippen molar-refractivity contribution in [2.24, 2.45) is 0 Å². The third-order valence-electron chi connectivity index (χ3n) is 4.67. The van der Waals surface area contributed by atoms with Crippen LogP contribution in [0.15, 0.2) is 0 Å². The normalized spacial score (nSPS) is 16.7. The Kier molecular flexibility index (Phi) is 9.41. The molecule has 23 heteroatoms. The van der Waals surface area contributed by atoms with E-state index in [1.807, 2.05) is 0 Å². The molecule has 0 aromatic heterocycles. The van der Waals surface area contributed by atoms with Crippen LogP contribution in [0.1, 0.15) is 6.42 Å². The van der Waals surface area contributed by atoms with Crippen LogP contribution in [0.3, 0.4) is 0 Å². The molecule has 0 spiro atoms. The Hall–Kier alpha value is -1.94. The molecule has 1 atom stereocenters. The van der Waals surface area contributed by atoms with Crippen LogP contribution in [-0.4, -0.2) is 101 Å². The Morgan fingerprint density at radius 3 is 1.26 bits per heavy atom. The van der Waals surface area contributed by atoms with Crippen LogP contribution in [0.2, 0.25) is 0 Å². The number of aliphatic hydroxyl groups is 1. The number of aliphatic carboxylic acids is 1. The molecule has 0 saturated heterocycles. The minimum Gasteiger partial charge on any atom is -0.480 e. The topological polar surface area (TPSA) is 60.8 Å². The van der Waals surface area contributed by atoms with Gasteiger partial charge in [-0.3, -0.25) is 9.69 Å². The second-order valence-corrected chi connectivity index (χ2v) is 7.68. The molecule has 0 bridgehead atoms. The lowest BCUT2D eigenvalue weighted by Gasteiger charge is -2.45. The Bertz CT molecular complexity index is 835. The predicted molar refractivity (Wildman–Crippen MR) is 81.4 cm³/mol. The van der Waals surface area contributed by atoms with E-state index in [2.05, 4.69) is 0 Å². The lowest BCUT2D eigenvalue weighted by atomic mass is 9.83. The molecule has 0 radical (unpaired) electrons. The maximum Gasteiger partial charge on any atom is 0.438 e. The van der Waals surface area contributed by atoms with Crippen LogP contribution >= 0.6 is 0 Å². The maximum absolute atomic E-state index is 13.8. The van der Waals surface area contributed by atoms with Crippen LogP contribution in [0, 0.1) is 0 Å². The second-order valence-electron chi connectivity index (χ2n) is 7.68. The maximum atomic E-state index is 13.8. The number of aliphatic hydroxyl groups excluding tert-OH is 1. The van der Waals surface area contributed by atoms with Crippen molar-refractivity contribution in [1.29, 1.82) is 0 Å². The Balaban J connectivity index is 6.71. The first-order valence-corrected chi connectivity index (χ1v) is 8.88. The van der Waals surface area contributed by atoms with Gasteiger partial charge in [0.25, 0.3) is 0 Å². The number of alkyl halides is 19. The summed E-state index contributed by atoms with van der Waals surface area (Å²) in [6, 6.07) is 0. The van der Waals surface area contributed by atoms with Gasteiger partial charge in [-0.15, -0.1) is 0 Å². The summed E-state index contributed by atoms with van der Waals surface area (Å²) < 4.78 is 252. The number of hydrogen-bond acceptors (Lipinski definition) is 3. The number of carbonyl (C=O) groups is 1. The Morgan fingerprint density at radius 1 is 0.632 bits per heavy atom. The van der Waals surface area contributed by atoms with Crippen LogP contribution in [0.25, 0.3) is 0 Å². The smallest absolute Gasteiger partial charge is 0.438 e. The van der Waals surface area contributed by atoms with E-state index in [0.717, 1.165) is 0 Å². The molecule has 0 fully saturated rings. The fraction of sp³-hybridized carbons (Fsp3) is 0.933. The van der Waals surface area contributed by atoms with Crippen LogP contribution in [0.5, 0.6) is 0 Å². The molecule has 0 aliphatic carbocycles. The zero-order chi connectivity index (χ0) is 31.4. The first-order chi connectivity index (χ1) is 16.2. The standard InChI is InChI=1S/C15H12F19NO3/c1-35(4-6(37)38)3-5(36)2-7(16,17)9(19,20)11(23,24)13(27,28)12(25,26)10(21,22)8(18,14(29,30)31)15(32,33)34/h5,36H,2-4H2,1H3,(H,37,38). The van der Waals surface area contributed by atoms with E-state index in [9.17, 15) is 93.3 Å². The van der Waals surface area contributed by atoms with Crippen molar-refractivity contribution >= 4 is 5.97 Å². The molecule has 0 amide bonds. The number of carboxylic acid groups (broad SMARTS) is 1. The average molecular weight is 615 g/mol. The highest BCUT2D eigenvalue weighted by molar-refractivity contribution is 5.69. The number of hydrogen-bond donors (Lipinski definition) is 2. The van der Waals surface area contributed by atoms with E-state index in [-0.39, 0.29) is 0 Å². The molecule has 0 aromatic rings. The Morgan fingerprint density at radius 2 is 0.947 bits per heavy atom. The third kappa shape index (κ3) is 5.40. The van der Waals surface area contributed by atoms with E-state index < -0.39 is 85.1 Å². The molecule has 4 nitrogen and oxygen atoms in total. The summed E-state index contributed by atoms with van der Waals surface area (Å²) in [5, 5.41) is 17.6. The number of rotatable bonds is 12. The fourth-order valence-electron chi connectivity index (χ4n) is 2.70. The van der Waals surface area contributed by atoms with Gasteiger partial charge in [-0.05, 0) is 7.05 Å². The number of nitrogens with zero attached hydrogens (tertiary/aromatic N) is 1. The van der Waals surface area contributed by atoms with Gasteiger partial charge >= 0.3 is 59.5 Å². The summed E-state index contributed by atoms with van der Waals surface area (Å²) in [6.07, 6.45) is -22.9. The first kappa shape index (κ1) is 36.1. The molecule has 38 heavy (non-hydrogen) atoms. The fourth-order valence-corrected chi connectivity index (χ4v) is 2.70. The lowest BCUT2D eigenvalue weighted by Crippen LogP contribution is -2.77. The molecule has 0 rings (SSSR count). The van der Waals surface area contributed by atoms with Gasteiger partial charge in [-0.2, -0.15) is 79.0 Å². The van der Waals surface area contributed by atoms with Crippen molar-refractivity contribution in [2.45, 2.75) is 66.1 Å². The van der Waals surface area contributed by atoms with Gasteiger partial charge in [0.2, 0.25) is 0 Å². The zero-order valence-electron chi connectivity index (χ0n) is 17.6. The molecular weight excluding hydrogens is 603 g/mol. The number of likely N-dealkylation sites (N-methyl/N-ethyl adjacent to an activating group) is 1. The summed E-state index contributed by atoms with van der Waals surface area (Å²) in [7, 11) is 0.656. The van der Waals surface area contributed by atoms with Crippen molar-refractivity contribution in [3.05, 3.63) is 0 Å². The van der Waals surface area contributed by atoms with Crippen molar-refractivity contribution in [3.8, 4) is 0 Å². The van der Waals surface area contributed by atoms with Crippen molar-refractivity contribution in [2.75, 3.05) is 20.1 Å². The van der Waals surface area contributed by atoms with Crippen LogP contribution < -0.4 is 0 Å². The van der Waals surface area contributed by atoms with E-state index in [4.69, 9.17) is 5.11 Å². The molecule has 2 N–H and O–H groups in total. The van der Waals surface area contributed by atoms with Gasteiger partial charge in [0, 0.05) is 13.0 Å². The lowest BCUT2D eigenvalue weighted by molar-refractivity contribution is -0.472. The third-order valence-corrected chi connectivity index (χ3v) is 4.67. The molecule has 228 valence electrons. The van der Waals surface area contributed by atoms with E-state index in [0.29, 0.717) is 11.9 Å². The zero-order valence-corrected chi connectivity index (χ0v) is 17.6. The van der Waals surface area contributed by atoms with Gasteiger partial charge in [-0.25, -0.2) is 4.39 Å². The van der Waals surface area contributed by atoms with Gasteiger partial charge < -0.3 is 10.2 Å². The molecule has 0 aliphatic heterocycles. The number of carboxylic acids is 1. The minimum absolute atomic E-state index is 0.303. The second kappa shape index (κ2) is 9.91. The van der Waals surface area contributed by atoms with Crippen LogP contribution in [-0.2, 0) is 4.79 Å². The molecule has 0 saturated carbocycles. The van der Waals surface area contributed by atoms with Crippen molar-refractivity contribution in [3.63, 3.8) is 0 Å². The summed E-state index contributed by atoms with van der Waals surface area (Å²) in [4.78, 5) is 10.7. The molecule has 0 aliphatic rings. The van der Waals surface area contributed by atoms with Gasteiger partial charge in [0.05, 0.1) is 12.6 Å². The number of halogens is 19. The highest BCUT2D eigenvalue weighted by Crippen LogP contribution is 2.66. The highest BCUT2D eigenvalue weighted by atomic mass is 19.4.